The second kappa shape index (κ2) is 5.26. The van der Waals surface area contributed by atoms with Crippen molar-refractivity contribution in [1.29, 1.82) is 0 Å². The average Bonchev–Trinajstić information content (AvgIpc) is 2.30. The van der Waals surface area contributed by atoms with Gasteiger partial charge in [-0.1, -0.05) is 22.9 Å². The van der Waals surface area contributed by atoms with Gasteiger partial charge in [-0.15, -0.1) is 0 Å². The highest BCUT2D eigenvalue weighted by Crippen LogP contribution is 2.13. The van der Waals surface area contributed by atoms with E-state index in [0.717, 1.165) is 11.8 Å². The molecule has 15 heavy (non-hydrogen) atoms. The molecular weight excluding hydrogens is 256 g/mol. The van der Waals surface area contributed by atoms with E-state index in [-0.39, 0.29) is 11.4 Å². The van der Waals surface area contributed by atoms with Crippen molar-refractivity contribution in [2.45, 2.75) is 25.8 Å². The van der Waals surface area contributed by atoms with Gasteiger partial charge in [-0.25, -0.2) is 0 Å². The van der Waals surface area contributed by atoms with Gasteiger partial charge >= 0.3 is 0 Å². The maximum absolute atomic E-state index is 11.8. The first-order valence-corrected chi connectivity index (χ1v) is 6.02. The van der Waals surface area contributed by atoms with Crippen molar-refractivity contribution in [2.24, 2.45) is 0 Å². The summed E-state index contributed by atoms with van der Waals surface area (Å²) in [5.41, 5.74) is 0.450. The van der Waals surface area contributed by atoms with E-state index >= 15 is 0 Å². The lowest BCUT2D eigenvalue weighted by Gasteiger charge is -2.27. The molecule has 1 amide bonds. The van der Waals surface area contributed by atoms with Gasteiger partial charge in [-0.3, -0.25) is 9.78 Å². The Balaban J connectivity index is 2.72. The minimum absolute atomic E-state index is 0.0544. The minimum Gasteiger partial charge on any atom is -0.346 e. The molecular formula is C11H15BrN2O. The Hall–Kier alpha value is -0.900. The lowest BCUT2D eigenvalue weighted by Crippen LogP contribution is -2.46. The fourth-order valence-electron chi connectivity index (χ4n) is 1.07. The first-order chi connectivity index (χ1) is 7.11. The van der Waals surface area contributed by atoms with Crippen molar-refractivity contribution in [2.75, 3.05) is 5.33 Å². The van der Waals surface area contributed by atoms with Crippen LogP contribution >= 0.6 is 15.9 Å². The SMILES string of the molecule is CCC(C)(CBr)NC(=O)c1ccncc1. The Morgan fingerprint density at radius 1 is 1.53 bits per heavy atom. The van der Waals surface area contributed by atoms with Crippen LogP contribution in [-0.2, 0) is 0 Å². The number of carbonyl (C=O) groups excluding carboxylic acids is 1. The highest BCUT2D eigenvalue weighted by atomic mass is 79.9. The second-order valence-electron chi connectivity index (χ2n) is 3.74. The predicted octanol–water partition coefficient (Wildman–Crippen LogP) is 2.38. The molecule has 1 heterocycles. The van der Waals surface area contributed by atoms with E-state index in [2.05, 4.69) is 26.2 Å². The van der Waals surface area contributed by atoms with Crippen LogP contribution in [0.25, 0.3) is 0 Å². The van der Waals surface area contributed by atoms with Crippen LogP contribution in [-0.4, -0.2) is 21.8 Å². The van der Waals surface area contributed by atoms with E-state index in [1.807, 2.05) is 13.8 Å². The summed E-state index contributed by atoms with van der Waals surface area (Å²) in [7, 11) is 0. The molecule has 1 unspecified atom stereocenters. The van der Waals surface area contributed by atoms with E-state index in [1.165, 1.54) is 0 Å². The molecule has 0 saturated heterocycles. The molecule has 82 valence electrons. The van der Waals surface area contributed by atoms with Gasteiger partial charge in [0.1, 0.15) is 0 Å². The molecule has 1 atom stereocenters. The third-order valence-electron chi connectivity index (χ3n) is 2.43. The number of carbonyl (C=O) groups is 1. The number of nitrogens with zero attached hydrogens (tertiary/aromatic N) is 1. The predicted molar refractivity (Wildman–Crippen MR) is 64.2 cm³/mol. The molecule has 0 spiro atoms. The van der Waals surface area contributed by atoms with Crippen LogP contribution in [0.4, 0.5) is 0 Å². The van der Waals surface area contributed by atoms with Crippen molar-refractivity contribution in [3.8, 4) is 0 Å². The summed E-state index contributed by atoms with van der Waals surface area (Å²) < 4.78 is 0. The number of amides is 1. The summed E-state index contributed by atoms with van der Waals surface area (Å²) in [5.74, 6) is -0.0544. The van der Waals surface area contributed by atoms with Crippen LogP contribution in [0, 0.1) is 0 Å². The monoisotopic (exact) mass is 270 g/mol. The number of pyridine rings is 1. The van der Waals surface area contributed by atoms with Crippen molar-refractivity contribution >= 4 is 21.8 Å². The van der Waals surface area contributed by atoms with E-state index < -0.39 is 0 Å². The Bertz CT molecular complexity index is 323. The fourth-order valence-corrected chi connectivity index (χ4v) is 1.60. The first-order valence-electron chi connectivity index (χ1n) is 4.90. The minimum atomic E-state index is -0.194. The normalized spacial score (nSPS) is 14.3. The Labute approximate surface area is 98.4 Å². The lowest BCUT2D eigenvalue weighted by atomic mass is 10.0. The number of hydrogen-bond donors (Lipinski definition) is 1. The van der Waals surface area contributed by atoms with Crippen molar-refractivity contribution in [3.63, 3.8) is 0 Å². The smallest absolute Gasteiger partial charge is 0.251 e. The number of rotatable bonds is 4. The molecule has 0 aliphatic carbocycles. The van der Waals surface area contributed by atoms with Crippen molar-refractivity contribution in [1.82, 2.24) is 10.3 Å². The molecule has 0 aliphatic rings. The van der Waals surface area contributed by atoms with Gasteiger partial charge in [0, 0.05) is 28.8 Å². The van der Waals surface area contributed by atoms with Crippen LogP contribution < -0.4 is 5.32 Å². The summed E-state index contributed by atoms with van der Waals surface area (Å²) >= 11 is 3.41. The Morgan fingerprint density at radius 3 is 2.60 bits per heavy atom. The number of alkyl halides is 1. The second-order valence-corrected chi connectivity index (χ2v) is 4.30. The molecule has 0 radical (unpaired) electrons. The highest BCUT2D eigenvalue weighted by molar-refractivity contribution is 9.09. The third kappa shape index (κ3) is 3.30. The maximum Gasteiger partial charge on any atom is 0.251 e. The molecule has 0 bridgehead atoms. The molecule has 1 aromatic rings. The van der Waals surface area contributed by atoms with Gasteiger partial charge in [0.05, 0.1) is 0 Å². The van der Waals surface area contributed by atoms with E-state index in [0.29, 0.717) is 5.56 Å². The number of hydrogen-bond acceptors (Lipinski definition) is 2. The summed E-state index contributed by atoms with van der Waals surface area (Å²) in [6.45, 7) is 4.06. The number of nitrogens with one attached hydrogen (secondary N) is 1. The number of halogens is 1. The Morgan fingerprint density at radius 2 is 2.13 bits per heavy atom. The molecule has 1 rings (SSSR count). The van der Waals surface area contributed by atoms with E-state index in [4.69, 9.17) is 0 Å². The topological polar surface area (TPSA) is 42.0 Å². The van der Waals surface area contributed by atoms with Gasteiger partial charge in [0.25, 0.3) is 5.91 Å². The zero-order valence-corrected chi connectivity index (χ0v) is 10.5. The maximum atomic E-state index is 11.8. The average molecular weight is 271 g/mol. The number of aromatic nitrogens is 1. The van der Waals surface area contributed by atoms with Gasteiger partial charge in [0.2, 0.25) is 0 Å². The zero-order valence-electron chi connectivity index (χ0n) is 8.96. The Kier molecular flexibility index (Phi) is 4.27. The van der Waals surface area contributed by atoms with E-state index in [1.54, 1.807) is 24.5 Å². The molecule has 1 N–H and O–H groups in total. The van der Waals surface area contributed by atoms with Gasteiger partial charge in [0.15, 0.2) is 0 Å². The van der Waals surface area contributed by atoms with Crippen LogP contribution in [0.15, 0.2) is 24.5 Å². The van der Waals surface area contributed by atoms with Gasteiger partial charge < -0.3 is 5.32 Å². The van der Waals surface area contributed by atoms with Crippen molar-refractivity contribution in [3.05, 3.63) is 30.1 Å². The molecule has 0 saturated carbocycles. The quantitative estimate of drug-likeness (QED) is 0.854. The van der Waals surface area contributed by atoms with Gasteiger partial charge in [-0.2, -0.15) is 0 Å². The molecule has 0 aliphatic heterocycles. The van der Waals surface area contributed by atoms with E-state index in [9.17, 15) is 4.79 Å². The van der Waals surface area contributed by atoms with Crippen LogP contribution in [0.2, 0.25) is 0 Å². The largest absolute Gasteiger partial charge is 0.346 e. The highest BCUT2D eigenvalue weighted by Gasteiger charge is 2.23. The van der Waals surface area contributed by atoms with Crippen LogP contribution in [0.3, 0.4) is 0 Å². The molecule has 1 aromatic heterocycles. The lowest BCUT2D eigenvalue weighted by molar-refractivity contribution is 0.0913. The molecule has 4 heteroatoms. The standard InChI is InChI=1S/C11H15BrN2O/c1-3-11(2,8-12)14-10(15)9-4-6-13-7-5-9/h4-7H,3,8H2,1-2H3,(H,14,15). The fraction of sp³-hybridized carbons (Fsp3) is 0.455. The van der Waals surface area contributed by atoms with Crippen molar-refractivity contribution < 1.29 is 4.79 Å². The van der Waals surface area contributed by atoms with Gasteiger partial charge in [-0.05, 0) is 25.5 Å². The molecule has 0 fully saturated rings. The molecule has 3 nitrogen and oxygen atoms in total. The zero-order chi connectivity index (χ0) is 11.3. The first kappa shape index (κ1) is 12.2. The van der Waals surface area contributed by atoms with Crippen LogP contribution in [0.1, 0.15) is 30.6 Å². The van der Waals surface area contributed by atoms with Crippen LogP contribution in [0.5, 0.6) is 0 Å². The summed E-state index contributed by atoms with van der Waals surface area (Å²) in [6.07, 6.45) is 4.12. The summed E-state index contributed by atoms with van der Waals surface area (Å²) in [6, 6.07) is 3.42. The summed E-state index contributed by atoms with van der Waals surface area (Å²) in [4.78, 5) is 15.7. The summed E-state index contributed by atoms with van der Waals surface area (Å²) in [5, 5.41) is 3.74. The third-order valence-corrected chi connectivity index (χ3v) is 3.67. The molecule has 0 aromatic carbocycles.